The zero-order valence-electron chi connectivity index (χ0n) is 17.9. The van der Waals surface area contributed by atoms with Gasteiger partial charge in [0.25, 0.3) is 5.91 Å². The van der Waals surface area contributed by atoms with E-state index in [4.69, 9.17) is 11.6 Å². The highest BCUT2D eigenvalue weighted by Gasteiger charge is 2.56. The highest BCUT2D eigenvalue weighted by molar-refractivity contribution is 7.92. The van der Waals surface area contributed by atoms with Gasteiger partial charge in [0, 0.05) is 23.4 Å². The van der Waals surface area contributed by atoms with Gasteiger partial charge in [-0.1, -0.05) is 18.5 Å². The number of carbonyl (C=O) groups excluding carboxylic acids is 1. The van der Waals surface area contributed by atoms with Gasteiger partial charge in [0.15, 0.2) is 27.3 Å². The molecule has 2 N–H and O–H groups in total. The van der Waals surface area contributed by atoms with E-state index in [1.54, 1.807) is 6.92 Å². The number of fused-ring (bicyclic) bond motifs is 2. The molecule has 0 spiro atoms. The summed E-state index contributed by atoms with van der Waals surface area (Å²) in [5.74, 6) is -5.57. The quantitative estimate of drug-likeness (QED) is 0.579. The van der Waals surface area contributed by atoms with Crippen molar-refractivity contribution in [1.82, 2.24) is 0 Å². The van der Waals surface area contributed by atoms with Crippen LogP contribution in [0.25, 0.3) is 0 Å². The summed E-state index contributed by atoms with van der Waals surface area (Å²) in [4.78, 5) is 12.4. The summed E-state index contributed by atoms with van der Waals surface area (Å²) in [6.07, 6.45) is 1.32. The molecule has 2 aromatic rings. The predicted octanol–water partition coefficient (Wildman–Crippen LogP) is 4.97. The highest BCUT2D eigenvalue weighted by Crippen LogP contribution is 2.54. The van der Waals surface area contributed by atoms with E-state index >= 15 is 0 Å². The van der Waals surface area contributed by atoms with Gasteiger partial charge < -0.3 is 10.4 Å². The van der Waals surface area contributed by atoms with Gasteiger partial charge in [0.2, 0.25) is 0 Å². The Morgan fingerprint density at radius 3 is 2.36 bits per heavy atom. The molecule has 2 aliphatic rings. The Morgan fingerprint density at radius 1 is 1.12 bits per heavy atom. The minimum Gasteiger partial charge on any atom is -0.390 e. The number of rotatable bonds is 4. The van der Waals surface area contributed by atoms with Crippen LogP contribution in [0.5, 0.6) is 0 Å². The summed E-state index contributed by atoms with van der Waals surface area (Å²) < 4.78 is 67.0. The molecule has 1 amide bonds. The maximum absolute atomic E-state index is 13.5. The second-order valence-corrected chi connectivity index (χ2v) is 11.8. The number of amides is 1. The Kier molecular flexibility index (Phi) is 6.04. The Bertz CT molecular complexity index is 1210. The third-order valence-electron chi connectivity index (χ3n) is 7.17. The molecule has 5 nitrogen and oxygen atoms in total. The molecule has 4 rings (SSSR count). The van der Waals surface area contributed by atoms with Crippen molar-refractivity contribution in [3.63, 3.8) is 0 Å². The van der Waals surface area contributed by atoms with Gasteiger partial charge in [-0.25, -0.2) is 21.6 Å². The first-order chi connectivity index (χ1) is 15.3. The van der Waals surface area contributed by atoms with Crippen LogP contribution in [-0.4, -0.2) is 30.3 Å². The number of anilines is 1. The summed E-state index contributed by atoms with van der Waals surface area (Å²) in [5.41, 5.74) is -1.34. The summed E-state index contributed by atoms with van der Waals surface area (Å²) >= 11 is 6.20. The van der Waals surface area contributed by atoms with Crippen molar-refractivity contribution in [2.45, 2.75) is 48.9 Å². The molecule has 2 fully saturated rings. The van der Waals surface area contributed by atoms with Crippen LogP contribution in [0, 0.1) is 35.2 Å². The monoisotopic (exact) mass is 501 g/mol. The minimum atomic E-state index is -3.93. The van der Waals surface area contributed by atoms with Crippen molar-refractivity contribution >= 4 is 33.0 Å². The van der Waals surface area contributed by atoms with E-state index in [1.807, 2.05) is 6.92 Å². The fraction of sp³-hybridized carbons (Fsp3) is 0.435. The van der Waals surface area contributed by atoms with Crippen molar-refractivity contribution in [1.29, 1.82) is 0 Å². The number of aliphatic hydroxyl groups is 1. The van der Waals surface area contributed by atoms with Crippen LogP contribution in [0.3, 0.4) is 0 Å². The SMILES string of the molecule is C[C@H]1CC2C[C@H](S(=O)(=O)c3cc(C(=O)Nc4cc(F)c(F)c(F)c4)ccc3Cl)CC1[C@]2(C)O. The maximum atomic E-state index is 13.5. The Labute approximate surface area is 194 Å². The van der Waals surface area contributed by atoms with Gasteiger partial charge in [-0.05, 0) is 62.1 Å². The Morgan fingerprint density at radius 2 is 1.76 bits per heavy atom. The molecular weight excluding hydrogens is 479 g/mol. The third-order valence-corrected chi connectivity index (χ3v) is 9.82. The number of nitrogens with one attached hydrogen (secondary N) is 1. The number of hydrogen-bond donors (Lipinski definition) is 2. The number of carbonyl (C=O) groups is 1. The molecule has 2 unspecified atom stereocenters. The zero-order chi connectivity index (χ0) is 24.3. The average molecular weight is 502 g/mol. The molecule has 10 heteroatoms. The van der Waals surface area contributed by atoms with Crippen LogP contribution < -0.4 is 5.32 Å². The van der Waals surface area contributed by atoms with Crippen molar-refractivity contribution in [3.8, 4) is 0 Å². The van der Waals surface area contributed by atoms with E-state index < -0.39 is 44.0 Å². The van der Waals surface area contributed by atoms with Gasteiger partial charge in [0.05, 0.1) is 20.8 Å². The van der Waals surface area contributed by atoms with Crippen LogP contribution >= 0.6 is 11.6 Å². The smallest absolute Gasteiger partial charge is 0.255 e. The fourth-order valence-corrected chi connectivity index (χ4v) is 7.74. The molecule has 0 saturated heterocycles. The lowest BCUT2D eigenvalue weighted by Gasteiger charge is -2.40. The van der Waals surface area contributed by atoms with E-state index in [9.17, 15) is 31.5 Å². The van der Waals surface area contributed by atoms with E-state index in [2.05, 4.69) is 5.32 Å². The second kappa shape index (κ2) is 8.29. The molecule has 2 aromatic carbocycles. The molecule has 33 heavy (non-hydrogen) atoms. The van der Waals surface area contributed by atoms with Crippen LogP contribution in [0.1, 0.15) is 43.5 Å². The fourth-order valence-electron chi connectivity index (χ4n) is 5.36. The van der Waals surface area contributed by atoms with Crippen LogP contribution in [0.15, 0.2) is 35.2 Å². The summed E-state index contributed by atoms with van der Waals surface area (Å²) in [5, 5.41) is 12.2. The number of benzene rings is 2. The summed E-state index contributed by atoms with van der Waals surface area (Å²) in [6.45, 7) is 3.76. The number of halogens is 4. The Balaban J connectivity index is 1.61. The summed E-state index contributed by atoms with van der Waals surface area (Å²) in [7, 11) is -3.93. The normalized spacial score (nSPS) is 29.2. The van der Waals surface area contributed by atoms with Crippen LogP contribution in [-0.2, 0) is 9.84 Å². The van der Waals surface area contributed by atoms with Gasteiger partial charge in [-0.2, -0.15) is 0 Å². The standard InChI is InChI=1S/C23H23ClF3NO4S/c1-11-5-13-7-15(10-16(11)23(13,2)30)33(31,32)20-6-12(3-4-17(20)24)22(29)28-14-8-18(25)21(27)19(26)9-14/h3-4,6,8-9,11,13,15-16,30H,5,7,10H2,1-2H3,(H,28,29)/t11-,13?,15-,16?,23+/m0/s1. The molecule has 2 saturated carbocycles. The van der Waals surface area contributed by atoms with Crippen molar-refractivity contribution in [2.24, 2.45) is 17.8 Å². The molecule has 0 aromatic heterocycles. The van der Waals surface area contributed by atoms with Gasteiger partial charge >= 0.3 is 0 Å². The lowest BCUT2D eigenvalue weighted by molar-refractivity contribution is -0.0466. The highest BCUT2D eigenvalue weighted by atomic mass is 35.5. The first kappa shape index (κ1) is 24.0. The van der Waals surface area contributed by atoms with E-state index in [1.165, 1.54) is 12.1 Å². The second-order valence-electron chi connectivity index (χ2n) is 9.23. The topological polar surface area (TPSA) is 83.5 Å². The molecule has 0 aliphatic heterocycles. The van der Waals surface area contributed by atoms with E-state index in [0.717, 1.165) is 12.5 Å². The van der Waals surface area contributed by atoms with Gasteiger partial charge in [0.1, 0.15) is 0 Å². The molecule has 0 radical (unpaired) electrons. The van der Waals surface area contributed by atoms with Crippen molar-refractivity contribution < 1.29 is 31.5 Å². The molecule has 2 aliphatic carbocycles. The van der Waals surface area contributed by atoms with E-state index in [0.29, 0.717) is 12.1 Å². The van der Waals surface area contributed by atoms with Gasteiger partial charge in [-0.15, -0.1) is 0 Å². The van der Waals surface area contributed by atoms with Crippen LogP contribution in [0.2, 0.25) is 5.02 Å². The maximum Gasteiger partial charge on any atom is 0.255 e. The largest absolute Gasteiger partial charge is 0.390 e. The molecule has 5 atom stereocenters. The van der Waals surface area contributed by atoms with Crippen molar-refractivity contribution in [2.75, 3.05) is 5.32 Å². The van der Waals surface area contributed by atoms with Gasteiger partial charge in [-0.3, -0.25) is 4.79 Å². The molecule has 178 valence electrons. The number of sulfone groups is 1. The number of hydrogen-bond acceptors (Lipinski definition) is 4. The summed E-state index contributed by atoms with van der Waals surface area (Å²) in [6, 6.07) is 4.92. The van der Waals surface area contributed by atoms with Crippen molar-refractivity contribution in [3.05, 3.63) is 58.4 Å². The third kappa shape index (κ3) is 4.15. The molecule has 0 heterocycles. The first-order valence-electron chi connectivity index (χ1n) is 10.5. The minimum absolute atomic E-state index is 0.0526. The molecular formula is C23H23ClF3NO4S. The zero-order valence-corrected chi connectivity index (χ0v) is 19.5. The predicted molar refractivity (Wildman–Crippen MR) is 117 cm³/mol. The molecule has 2 bridgehead atoms. The lowest BCUT2D eigenvalue weighted by Crippen LogP contribution is -2.46. The van der Waals surface area contributed by atoms with E-state index in [-0.39, 0.29) is 51.8 Å². The first-order valence-corrected chi connectivity index (χ1v) is 12.5. The Hall–Kier alpha value is -2.10. The average Bonchev–Trinajstić information content (AvgIpc) is 2.85. The lowest BCUT2D eigenvalue weighted by atomic mass is 9.74. The van der Waals surface area contributed by atoms with Crippen LogP contribution in [0.4, 0.5) is 18.9 Å².